The first-order valence-electron chi connectivity index (χ1n) is 11.8. The second kappa shape index (κ2) is 8.20. The molecule has 7 rings (SSSR count). The van der Waals surface area contributed by atoms with Gasteiger partial charge in [-0.3, -0.25) is 4.98 Å². The Balaban J connectivity index is 1.41. The highest BCUT2D eigenvalue weighted by Crippen LogP contribution is 2.40. The molecular formula is C26H26F2N6. The zero-order valence-corrected chi connectivity index (χ0v) is 19.3. The lowest BCUT2D eigenvalue weighted by molar-refractivity contribution is 0.0856. The fourth-order valence-electron chi connectivity index (χ4n) is 5.65. The van der Waals surface area contributed by atoms with Crippen molar-refractivity contribution in [2.45, 2.75) is 39.2 Å². The highest BCUT2D eigenvalue weighted by atomic mass is 19.1. The van der Waals surface area contributed by atoms with E-state index in [0.29, 0.717) is 40.8 Å². The Hall–Kier alpha value is -3.26. The van der Waals surface area contributed by atoms with Gasteiger partial charge in [0.2, 0.25) is 0 Å². The highest BCUT2D eigenvalue weighted by molar-refractivity contribution is 5.79. The summed E-state index contributed by atoms with van der Waals surface area (Å²) >= 11 is 0. The van der Waals surface area contributed by atoms with Crippen LogP contribution in [-0.4, -0.2) is 49.0 Å². The maximum absolute atomic E-state index is 15.4. The molecule has 3 fully saturated rings. The smallest absolute Gasteiger partial charge is 0.164 e. The maximum Gasteiger partial charge on any atom is 0.164 e. The molecule has 8 heteroatoms. The number of fused-ring (bicyclic) bond motifs is 4. The topological polar surface area (TPSA) is 59.7 Å². The van der Waals surface area contributed by atoms with Gasteiger partial charge >= 0.3 is 0 Å². The normalized spacial score (nSPS) is 21.9. The minimum atomic E-state index is -0.442. The van der Waals surface area contributed by atoms with E-state index in [4.69, 9.17) is 4.98 Å². The number of aromatic nitrogens is 5. The molecule has 1 aromatic carbocycles. The van der Waals surface area contributed by atoms with Crippen molar-refractivity contribution >= 4 is 11.2 Å². The summed E-state index contributed by atoms with van der Waals surface area (Å²) in [5.41, 5.74) is 4.20. The molecule has 3 aliphatic heterocycles. The quantitative estimate of drug-likeness (QED) is 0.444. The molecule has 0 radical (unpaired) electrons. The fourth-order valence-corrected chi connectivity index (χ4v) is 5.65. The summed E-state index contributed by atoms with van der Waals surface area (Å²) in [7, 11) is 0. The monoisotopic (exact) mass is 460 g/mol. The second-order valence-electron chi connectivity index (χ2n) is 9.54. The van der Waals surface area contributed by atoms with Gasteiger partial charge in [0.1, 0.15) is 28.8 Å². The Morgan fingerprint density at radius 3 is 2.53 bits per heavy atom. The van der Waals surface area contributed by atoms with E-state index >= 15 is 4.39 Å². The summed E-state index contributed by atoms with van der Waals surface area (Å²) in [4.78, 5) is 20.2. The number of pyridine rings is 1. The zero-order chi connectivity index (χ0) is 23.4. The van der Waals surface area contributed by atoms with Crippen LogP contribution in [0.25, 0.3) is 22.6 Å². The minimum Gasteiger partial charge on any atom is -0.304 e. The summed E-state index contributed by atoms with van der Waals surface area (Å²) in [6.07, 6.45) is 5.04. The fraction of sp³-hybridized carbons (Fsp3) is 0.385. The molecule has 0 aliphatic carbocycles. The van der Waals surface area contributed by atoms with Crippen LogP contribution >= 0.6 is 0 Å². The molecule has 0 amide bonds. The lowest BCUT2D eigenvalue weighted by Crippen LogP contribution is -2.46. The van der Waals surface area contributed by atoms with E-state index in [1.165, 1.54) is 6.07 Å². The van der Waals surface area contributed by atoms with E-state index in [-0.39, 0.29) is 11.7 Å². The second-order valence-corrected chi connectivity index (χ2v) is 9.54. The van der Waals surface area contributed by atoms with Crippen molar-refractivity contribution in [1.29, 1.82) is 0 Å². The highest BCUT2D eigenvalue weighted by Gasteiger charge is 2.36. The van der Waals surface area contributed by atoms with Crippen molar-refractivity contribution < 1.29 is 8.78 Å². The average Bonchev–Trinajstić information content (AvgIpc) is 3.18. The maximum atomic E-state index is 15.4. The number of aryl methyl sites for hydroxylation is 2. The Morgan fingerprint density at radius 1 is 1.00 bits per heavy atom. The van der Waals surface area contributed by atoms with E-state index in [9.17, 15) is 4.39 Å². The third-order valence-electron chi connectivity index (χ3n) is 7.31. The molecule has 0 spiro atoms. The zero-order valence-electron chi connectivity index (χ0n) is 19.3. The molecule has 1 atom stereocenters. The van der Waals surface area contributed by atoms with Gasteiger partial charge in [0.25, 0.3) is 0 Å². The van der Waals surface area contributed by atoms with Crippen molar-refractivity contribution in [3.8, 4) is 11.4 Å². The van der Waals surface area contributed by atoms with Crippen molar-refractivity contribution in [2.24, 2.45) is 5.92 Å². The third kappa shape index (κ3) is 3.66. The Kier molecular flexibility index (Phi) is 5.13. The minimum absolute atomic E-state index is 0.156. The number of nitrogens with zero attached hydrogens (tertiary/aromatic N) is 6. The number of benzene rings is 1. The molecule has 0 N–H and O–H groups in total. The summed E-state index contributed by atoms with van der Waals surface area (Å²) in [6, 6.07) is 6.98. The molecule has 34 heavy (non-hydrogen) atoms. The summed E-state index contributed by atoms with van der Waals surface area (Å²) < 4.78 is 31.2. The van der Waals surface area contributed by atoms with Gasteiger partial charge in [-0.1, -0.05) is 12.1 Å². The van der Waals surface area contributed by atoms with E-state index in [2.05, 4.69) is 19.9 Å². The van der Waals surface area contributed by atoms with E-state index in [1.807, 2.05) is 30.5 Å². The average molecular weight is 461 g/mol. The first kappa shape index (κ1) is 21.3. The predicted octanol–water partition coefficient (Wildman–Crippen LogP) is 4.64. The SMILES string of the molecule is Cc1nc(C)c2nc(-c3cncc(F)c3)n(Cc3ccc(C4CN5CCC4CC5)c(F)c3)c2n1. The molecule has 3 aliphatic rings. The number of halogens is 2. The first-order chi connectivity index (χ1) is 16.5. The van der Waals surface area contributed by atoms with Crippen LogP contribution in [0.3, 0.4) is 0 Å². The van der Waals surface area contributed by atoms with Crippen LogP contribution in [-0.2, 0) is 6.54 Å². The van der Waals surface area contributed by atoms with Gasteiger partial charge in [0.15, 0.2) is 5.65 Å². The molecule has 0 saturated carbocycles. The number of piperidine rings is 3. The van der Waals surface area contributed by atoms with Gasteiger partial charge in [-0.15, -0.1) is 0 Å². The first-order valence-corrected chi connectivity index (χ1v) is 11.8. The van der Waals surface area contributed by atoms with Crippen LogP contribution in [0.15, 0.2) is 36.7 Å². The van der Waals surface area contributed by atoms with E-state index < -0.39 is 5.82 Å². The van der Waals surface area contributed by atoms with Crippen molar-refractivity contribution in [1.82, 2.24) is 29.4 Å². The molecule has 6 nitrogen and oxygen atoms in total. The molecule has 1 unspecified atom stereocenters. The largest absolute Gasteiger partial charge is 0.304 e. The summed E-state index contributed by atoms with van der Waals surface area (Å²) in [5.74, 6) is 1.39. The van der Waals surface area contributed by atoms with Gasteiger partial charge in [-0.2, -0.15) is 0 Å². The Morgan fingerprint density at radius 2 is 1.82 bits per heavy atom. The van der Waals surface area contributed by atoms with Crippen LogP contribution in [0, 0.1) is 31.4 Å². The molecule has 3 saturated heterocycles. The number of rotatable bonds is 4. The summed E-state index contributed by atoms with van der Waals surface area (Å²) in [6.45, 7) is 7.27. The molecule has 3 aromatic heterocycles. The van der Waals surface area contributed by atoms with Crippen molar-refractivity contribution in [2.75, 3.05) is 19.6 Å². The van der Waals surface area contributed by atoms with Gasteiger partial charge in [-0.25, -0.2) is 23.7 Å². The van der Waals surface area contributed by atoms with Gasteiger partial charge < -0.3 is 9.47 Å². The summed E-state index contributed by atoms with van der Waals surface area (Å²) in [5, 5.41) is 0. The lowest BCUT2D eigenvalue weighted by Gasteiger charge is -2.45. The Bertz CT molecular complexity index is 1390. The van der Waals surface area contributed by atoms with Crippen LogP contribution in [0.1, 0.15) is 41.4 Å². The third-order valence-corrected chi connectivity index (χ3v) is 7.31. The lowest BCUT2D eigenvalue weighted by atomic mass is 9.75. The van der Waals surface area contributed by atoms with Crippen LogP contribution in [0.5, 0.6) is 0 Å². The molecule has 4 aromatic rings. The number of hydrogen-bond acceptors (Lipinski definition) is 5. The van der Waals surface area contributed by atoms with Crippen LogP contribution < -0.4 is 0 Å². The standard InChI is InChI=1S/C26H26F2N6/c1-15-24-26(31-16(2)30-15)34(25(32-24)19-10-20(27)12-29-11-19)13-17-3-4-21(23(28)9-17)22-14-33-7-5-18(22)6-8-33/h3-4,9-12,18,22H,5-8,13-14H2,1-2H3. The van der Waals surface area contributed by atoms with Crippen molar-refractivity contribution in [3.05, 3.63) is 70.9 Å². The van der Waals surface area contributed by atoms with Gasteiger partial charge in [0.05, 0.1) is 18.4 Å². The van der Waals surface area contributed by atoms with E-state index in [1.54, 1.807) is 12.3 Å². The Labute approximate surface area is 196 Å². The molecule has 6 heterocycles. The van der Waals surface area contributed by atoms with E-state index in [0.717, 1.165) is 55.5 Å². The van der Waals surface area contributed by atoms with Crippen LogP contribution in [0.2, 0.25) is 0 Å². The molecular weight excluding hydrogens is 434 g/mol. The molecule has 2 bridgehead atoms. The van der Waals surface area contributed by atoms with Crippen molar-refractivity contribution in [3.63, 3.8) is 0 Å². The molecule has 174 valence electrons. The number of hydrogen-bond donors (Lipinski definition) is 0. The van der Waals surface area contributed by atoms with Gasteiger partial charge in [0, 0.05) is 24.2 Å². The van der Waals surface area contributed by atoms with Crippen LogP contribution in [0.4, 0.5) is 8.78 Å². The van der Waals surface area contributed by atoms with Gasteiger partial charge in [-0.05, 0) is 69.0 Å². The predicted molar refractivity (Wildman–Crippen MR) is 125 cm³/mol. The number of imidazole rings is 1.